The van der Waals surface area contributed by atoms with Gasteiger partial charge in [0.15, 0.2) is 5.69 Å². The number of carbonyl (C=O) groups excluding carboxylic acids is 2. The van der Waals surface area contributed by atoms with E-state index >= 15 is 0 Å². The van der Waals surface area contributed by atoms with E-state index in [0.717, 1.165) is 16.8 Å². The number of alkyl carbamates (subject to hydrolysis) is 1. The first-order chi connectivity index (χ1) is 14.3. The van der Waals surface area contributed by atoms with Crippen molar-refractivity contribution in [2.24, 2.45) is 0 Å². The molecular formula is C20H23F3N4O4. The van der Waals surface area contributed by atoms with Gasteiger partial charge in [0.25, 0.3) is 5.91 Å². The number of rotatable bonds is 5. The molecule has 0 spiro atoms. The fourth-order valence-electron chi connectivity index (χ4n) is 2.59. The number of para-hydroxylation sites is 1. The fourth-order valence-corrected chi connectivity index (χ4v) is 2.59. The van der Waals surface area contributed by atoms with Crippen molar-refractivity contribution in [3.05, 3.63) is 57.5 Å². The van der Waals surface area contributed by atoms with Gasteiger partial charge in [0.1, 0.15) is 5.60 Å². The molecule has 0 unspecified atom stereocenters. The van der Waals surface area contributed by atoms with E-state index in [1.165, 1.54) is 25.1 Å². The molecule has 168 valence electrons. The minimum atomic E-state index is -4.65. The lowest BCUT2D eigenvalue weighted by Crippen LogP contribution is -2.39. The van der Waals surface area contributed by atoms with Gasteiger partial charge in [-0.3, -0.25) is 9.59 Å². The Bertz CT molecular complexity index is 1030. The van der Waals surface area contributed by atoms with Crippen LogP contribution < -0.4 is 16.1 Å². The summed E-state index contributed by atoms with van der Waals surface area (Å²) in [6, 6.07) is 5.74. The first-order valence-electron chi connectivity index (χ1n) is 9.32. The summed E-state index contributed by atoms with van der Waals surface area (Å²) in [6.07, 6.45) is -5.33. The molecule has 0 aliphatic rings. The summed E-state index contributed by atoms with van der Waals surface area (Å²) in [7, 11) is 0. The number of carbonyl (C=O) groups is 2. The Morgan fingerprint density at radius 3 is 2.32 bits per heavy atom. The molecule has 0 aliphatic heterocycles. The highest BCUT2D eigenvalue weighted by molar-refractivity contribution is 5.92. The highest BCUT2D eigenvalue weighted by Gasteiger charge is 2.34. The van der Waals surface area contributed by atoms with Gasteiger partial charge >= 0.3 is 12.3 Å². The van der Waals surface area contributed by atoms with Gasteiger partial charge < -0.3 is 15.4 Å². The van der Waals surface area contributed by atoms with Crippen LogP contribution in [0.1, 0.15) is 42.5 Å². The maximum atomic E-state index is 13.4. The number of hydrogen-bond acceptors (Lipinski definition) is 5. The number of aromatic nitrogens is 2. The molecular weight excluding hydrogens is 417 g/mol. The summed E-state index contributed by atoms with van der Waals surface area (Å²) in [5.41, 5.74) is -3.13. The predicted molar refractivity (Wildman–Crippen MR) is 106 cm³/mol. The lowest BCUT2D eigenvalue weighted by molar-refractivity contribution is -0.137. The first-order valence-corrected chi connectivity index (χ1v) is 9.32. The normalized spacial score (nSPS) is 11.7. The Morgan fingerprint density at radius 1 is 1.10 bits per heavy atom. The Kier molecular flexibility index (Phi) is 7.09. The van der Waals surface area contributed by atoms with Crippen LogP contribution in [-0.2, 0) is 10.9 Å². The number of halogens is 3. The number of benzene rings is 1. The summed E-state index contributed by atoms with van der Waals surface area (Å²) >= 11 is 0. The first kappa shape index (κ1) is 23.9. The molecule has 2 N–H and O–H groups in total. The fraction of sp³-hybridized carbons (Fsp3) is 0.400. The van der Waals surface area contributed by atoms with E-state index in [1.807, 2.05) is 0 Å². The van der Waals surface area contributed by atoms with Crippen LogP contribution in [0.2, 0.25) is 0 Å². The minimum absolute atomic E-state index is 0.0115. The topological polar surface area (TPSA) is 102 Å². The van der Waals surface area contributed by atoms with Crippen LogP contribution in [0, 0.1) is 6.92 Å². The molecule has 1 aromatic heterocycles. The zero-order chi connectivity index (χ0) is 23.4. The monoisotopic (exact) mass is 440 g/mol. The third kappa shape index (κ3) is 6.56. The molecule has 0 bridgehead atoms. The smallest absolute Gasteiger partial charge is 0.418 e. The van der Waals surface area contributed by atoms with E-state index in [4.69, 9.17) is 4.74 Å². The summed E-state index contributed by atoms with van der Waals surface area (Å²) in [5.74, 6) is -0.880. The summed E-state index contributed by atoms with van der Waals surface area (Å²) in [6.45, 7) is 6.45. The highest BCUT2D eigenvalue weighted by atomic mass is 19.4. The van der Waals surface area contributed by atoms with E-state index < -0.39 is 40.5 Å². The van der Waals surface area contributed by atoms with Gasteiger partial charge in [0.05, 0.1) is 11.3 Å². The molecule has 11 heteroatoms. The molecule has 0 radical (unpaired) electrons. The molecule has 2 amide bonds. The Balaban J connectivity index is 2.18. The quantitative estimate of drug-likeness (QED) is 0.697. The third-order valence-corrected chi connectivity index (χ3v) is 3.84. The number of hydrogen-bond donors (Lipinski definition) is 2. The lowest BCUT2D eigenvalue weighted by atomic mass is 10.1. The highest BCUT2D eigenvalue weighted by Crippen LogP contribution is 2.33. The van der Waals surface area contributed by atoms with Gasteiger partial charge in [-0.2, -0.15) is 18.3 Å². The standard InChI is InChI=1S/C20H23F3N4O4/c1-12-11-15(28)16(17(29)24-9-10-25-18(30)31-19(2,3)4)26-27(12)14-8-6-5-7-13(14)20(21,22)23/h5-8,11H,9-10H2,1-4H3,(H,24,29)(H,25,30). The molecule has 8 nitrogen and oxygen atoms in total. The zero-order valence-electron chi connectivity index (χ0n) is 17.5. The van der Waals surface area contributed by atoms with Crippen LogP contribution in [0.15, 0.2) is 35.1 Å². The molecule has 0 saturated carbocycles. The van der Waals surface area contributed by atoms with Gasteiger partial charge in [-0.1, -0.05) is 12.1 Å². The van der Waals surface area contributed by atoms with E-state index in [1.54, 1.807) is 20.8 Å². The molecule has 0 fully saturated rings. The summed E-state index contributed by atoms with van der Waals surface area (Å²) < 4.78 is 46.0. The van der Waals surface area contributed by atoms with E-state index in [2.05, 4.69) is 15.7 Å². The van der Waals surface area contributed by atoms with Crippen molar-refractivity contribution in [1.29, 1.82) is 0 Å². The number of nitrogens with one attached hydrogen (secondary N) is 2. The van der Waals surface area contributed by atoms with Gasteiger partial charge in [0, 0.05) is 24.8 Å². The summed E-state index contributed by atoms with van der Waals surface area (Å²) in [4.78, 5) is 36.1. The van der Waals surface area contributed by atoms with Gasteiger partial charge in [-0.05, 0) is 39.8 Å². The predicted octanol–water partition coefficient (Wildman–Crippen LogP) is 2.81. The van der Waals surface area contributed by atoms with E-state index in [0.29, 0.717) is 0 Å². The molecule has 0 saturated heterocycles. The molecule has 1 heterocycles. The van der Waals surface area contributed by atoms with Crippen molar-refractivity contribution < 1.29 is 27.5 Å². The van der Waals surface area contributed by atoms with Crippen LogP contribution in [0.4, 0.5) is 18.0 Å². The van der Waals surface area contributed by atoms with Crippen molar-refractivity contribution in [3.8, 4) is 5.69 Å². The minimum Gasteiger partial charge on any atom is -0.444 e. The van der Waals surface area contributed by atoms with Gasteiger partial charge in [-0.25, -0.2) is 9.48 Å². The molecule has 0 aliphatic carbocycles. The molecule has 2 aromatic rings. The number of ether oxygens (including phenoxy) is 1. The van der Waals surface area contributed by atoms with Gasteiger partial charge in [-0.15, -0.1) is 0 Å². The summed E-state index contributed by atoms with van der Waals surface area (Å²) in [5, 5.41) is 8.68. The van der Waals surface area contributed by atoms with Gasteiger partial charge in [0.2, 0.25) is 5.43 Å². The van der Waals surface area contributed by atoms with Crippen LogP contribution >= 0.6 is 0 Å². The van der Waals surface area contributed by atoms with Crippen LogP contribution in [-0.4, -0.2) is 40.5 Å². The second-order valence-corrected chi connectivity index (χ2v) is 7.61. The number of alkyl halides is 3. The van der Waals surface area contributed by atoms with E-state index in [-0.39, 0.29) is 24.5 Å². The maximum Gasteiger partial charge on any atom is 0.418 e. The van der Waals surface area contributed by atoms with Crippen molar-refractivity contribution in [2.45, 2.75) is 39.5 Å². The Morgan fingerprint density at radius 2 is 1.71 bits per heavy atom. The van der Waals surface area contributed by atoms with Crippen molar-refractivity contribution >= 4 is 12.0 Å². The van der Waals surface area contributed by atoms with Crippen molar-refractivity contribution in [2.75, 3.05) is 13.1 Å². The Hall–Kier alpha value is -3.37. The number of aryl methyl sites for hydroxylation is 1. The third-order valence-electron chi connectivity index (χ3n) is 3.84. The molecule has 2 rings (SSSR count). The Labute approximate surface area is 176 Å². The second-order valence-electron chi connectivity index (χ2n) is 7.61. The number of amides is 2. The zero-order valence-corrected chi connectivity index (χ0v) is 17.5. The largest absolute Gasteiger partial charge is 0.444 e. The maximum absolute atomic E-state index is 13.4. The lowest BCUT2D eigenvalue weighted by Gasteiger charge is -2.19. The second kappa shape index (κ2) is 9.19. The average molecular weight is 440 g/mol. The van der Waals surface area contributed by atoms with Crippen LogP contribution in [0.3, 0.4) is 0 Å². The molecule has 31 heavy (non-hydrogen) atoms. The average Bonchev–Trinajstić information content (AvgIpc) is 2.63. The number of nitrogens with zero attached hydrogens (tertiary/aromatic N) is 2. The molecule has 0 atom stereocenters. The SMILES string of the molecule is Cc1cc(=O)c(C(=O)NCCNC(=O)OC(C)(C)C)nn1-c1ccccc1C(F)(F)F. The molecule has 1 aromatic carbocycles. The van der Waals surface area contributed by atoms with E-state index in [9.17, 15) is 27.6 Å². The van der Waals surface area contributed by atoms with Crippen LogP contribution in [0.25, 0.3) is 5.69 Å². The van der Waals surface area contributed by atoms with Crippen molar-refractivity contribution in [3.63, 3.8) is 0 Å². The van der Waals surface area contributed by atoms with Crippen LogP contribution in [0.5, 0.6) is 0 Å². The van der Waals surface area contributed by atoms with Crippen molar-refractivity contribution in [1.82, 2.24) is 20.4 Å².